The fourth-order valence-electron chi connectivity index (χ4n) is 1.24. The number of halogens is 1. The number of aryl methyl sites for hydroxylation is 1. The summed E-state index contributed by atoms with van der Waals surface area (Å²) >= 11 is 0. The van der Waals surface area contributed by atoms with Crippen LogP contribution in [0.25, 0.3) is 0 Å². The Bertz CT molecular complexity index is 334. The van der Waals surface area contributed by atoms with E-state index in [1.165, 1.54) is 12.1 Å². The third-order valence-electron chi connectivity index (χ3n) is 1.85. The maximum absolute atomic E-state index is 12.9. The lowest BCUT2D eigenvalue weighted by Crippen LogP contribution is -2.01. The molecular weight excluding hydrogens is 183 g/mol. The first kappa shape index (κ1) is 10.7. The summed E-state index contributed by atoms with van der Waals surface area (Å²) in [7, 11) is 0. The molecule has 1 aromatic carbocycles. The van der Waals surface area contributed by atoms with Crippen molar-refractivity contribution < 1.29 is 13.9 Å². The van der Waals surface area contributed by atoms with Crippen LogP contribution in [0.4, 0.5) is 4.39 Å². The molecule has 0 amide bonds. The molecule has 0 radical (unpaired) electrons. The Morgan fingerprint density at radius 1 is 1.50 bits per heavy atom. The second kappa shape index (κ2) is 4.74. The predicted octanol–water partition coefficient (Wildman–Crippen LogP) is 2.74. The highest BCUT2D eigenvalue weighted by atomic mass is 19.1. The topological polar surface area (TPSA) is 26.3 Å². The molecule has 14 heavy (non-hydrogen) atoms. The van der Waals surface area contributed by atoms with Gasteiger partial charge in [-0.25, -0.2) is 4.39 Å². The summed E-state index contributed by atoms with van der Waals surface area (Å²) < 4.78 is 18.3. The number of rotatable bonds is 4. The zero-order valence-electron chi connectivity index (χ0n) is 8.34. The Hall–Kier alpha value is -1.38. The lowest BCUT2D eigenvalue weighted by molar-refractivity contribution is 0.111. The molecule has 0 N–H and O–H groups in total. The maximum atomic E-state index is 12.9. The molecule has 0 bridgehead atoms. The molecule has 0 heterocycles. The number of hydrogen-bond donors (Lipinski definition) is 0. The van der Waals surface area contributed by atoms with Gasteiger partial charge in [-0.05, 0) is 31.0 Å². The molecule has 0 unspecified atom stereocenters. The number of hydrogen-bond acceptors (Lipinski definition) is 2. The van der Waals surface area contributed by atoms with Gasteiger partial charge in [-0.1, -0.05) is 6.92 Å². The Kier molecular flexibility index (Phi) is 3.63. The van der Waals surface area contributed by atoms with E-state index in [0.717, 1.165) is 6.42 Å². The zero-order chi connectivity index (χ0) is 10.6. The van der Waals surface area contributed by atoms with Crippen LogP contribution in [0.15, 0.2) is 12.1 Å². The van der Waals surface area contributed by atoms with Gasteiger partial charge in [0.15, 0.2) is 6.29 Å². The van der Waals surface area contributed by atoms with Crippen molar-refractivity contribution in [2.75, 3.05) is 6.61 Å². The van der Waals surface area contributed by atoms with Crippen molar-refractivity contribution in [2.45, 2.75) is 20.3 Å². The van der Waals surface area contributed by atoms with Gasteiger partial charge in [-0.2, -0.15) is 0 Å². The average molecular weight is 196 g/mol. The highest BCUT2D eigenvalue weighted by Crippen LogP contribution is 2.23. The Labute approximate surface area is 82.7 Å². The van der Waals surface area contributed by atoms with E-state index in [0.29, 0.717) is 24.2 Å². The first-order valence-electron chi connectivity index (χ1n) is 4.57. The van der Waals surface area contributed by atoms with E-state index in [4.69, 9.17) is 4.74 Å². The molecule has 0 saturated heterocycles. The fourth-order valence-corrected chi connectivity index (χ4v) is 1.24. The van der Waals surface area contributed by atoms with E-state index < -0.39 is 5.82 Å². The fraction of sp³-hybridized carbons (Fsp3) is 0.364. The van der Waals surface area contributed by atoms with Crippen molar-refractivity contribution in [3.8, 4) is 5.75 Å². The number of aldehydes is 1. The van der Waals surface area contributed by atoms with Crippen LogP contribution in [0.5, 0.6) is 5.75 Å². The number of ether oxygens (including phenoxy) is 1. The second-order valence-electron chi connectivity index (χ2n) is 3.11. The molecule has 0 fully saturated rings. The van der Waals surface area contributed by atoms with Crippen LogP contribution in [0, 0.1) is 12.7 Å². The zero-order valence-corrected chi connectivity index (χ0v) is 8.34. The molecule has 0 aliphatic rings. The van der Waals surface area contributed by atoms with E-state index in [9.17, 15) is 9.18 Å². The van der Waals surface area contributed by atoms with Gasteiger partial charge in [0.05, 0.1) is 12.2 Å². The minimum atomic E-state index is -0.409. The molecule has 0 atom stereocenters. The summed E-state index contributed by atoms with van der Waals surface area (Å²) in [5.74, 6) is 0.0803. The number of benzene rings is 1. The summed E-state index contributed by atoms with van der Waals surface area (Å²) in [5, 5.41) is 0. The van der Waals surface area contributed by atoms with Crippen LogP contribution in [0.3, 0.4) is 0 Å². The first-order valence-corrected chi connectivity index (χ1v) is 4.57. The van der Waals surface area contributed by atoms with Crippen LogP contribution < -0.4 is 4.74 Å². The van der Waals surface area contributed by atoms with Crippen molar-refractivity contribution in [3.05, 3.63) is 29.1 Å². The quantitative estimate of drug-likeness (QED) is 0.692. The Morgan fingerprint density at radius 2 is 2.21 bits per heavy atom. The predicted molar refractivity (Wildman–Crippen MR) is 52.3 cm³/mol. The van der Waals surface area contributed by atoms with Gasteiger partial charge in [0, 0.05) is 0 Å². The molecule has 0 aromatic heterocycles. The van der Waals surface area contributed by atoms with Gasteiger partial charge < -0.3 is 4.74 Å². The molecule has 1 aromatic rings. The van der Waals surface area contributed by atoms with Gasteiger partial charge in [0.1, 0.15) is 11.6 Å². The van der Waals surface area contributed by atoms with Crippen LogP contribution in [-0.4, -0.2) is 12.9 Å². The van der Waals surface area contributed by atoms with Crippen LogP contribution >= 0.6 is 0 Å². The van der Waals surface area contributed by atoms with E-state index in [1.807, 2.05) is 6.92 Å². The van der Waals surface area contributed by atoms with Crippen molar-refractivity contribution in [3.63, 3.8) is 0 Å². The monoisotopic (exact) mass is 196 g/mol. The highest BCUT2D eigenvalue weighted by molar-refractivity contribution is 5.80. The van der Waals surface area contributed by atoms with E-state index in [2.05, 4.69) is 0 Å². The minimum absolute atomic E-state index is 0.274. The molecule has 2 nitrogen and oxygen atoms in total. The lowest BCUT2D eigenvalue weighted by Gasteiger charge is -2.10. The molecule has 1 rings (SSSR count). The molecule has 3 heteroatoms. The maximum Gasteiger partial charge on any atom is 0.153 e. The van der Waals surface area contributed by atoms with E-state index in [-0.39, 0.29) is 5.56 Å². The highest BCUT2D eigenvalue weighted by Gasteiger charge is 2.08. The van der Waals surface area contributed by atoms with Gasteiger partial charge in [0.2, 0.25) is 0 Å². The summed E-state index contributed by atoms with van der Waals surface area (Å²) in [6.07, 6.45) is 1.47. The normalized spacial score (nSPS) is 9.93. The van der Waals surface area contributed by atoms with Crippen molar-refractivity contribution in [1.29, 1.82) is 0 Å². The standard InChI is InChI=1S/C11H13FO2/c1-3-4-14-11-8(2)5-10(12)6-9(11)7-13/h5-7H,3-4H2,1-2H3. The smallest absolute Gasteiger partial charge is 0.153 e. The Balaban J connectivity index is 3.05. The molecule has 76 valence electrons. The third kappa shape index (κ3) is 2.31. The summed E-state index contributed by atoms with van der Waals surface area (Å²) in [4.78, 5) is 10.6. The third-order valence-corrected chi connectivity index (χ3v) is 1.85. The van der Waals surface area contributed by atoms with Gasteiger partial charge >= 0.3 is 0 Å². The Morgan fingerprint density at radius 3 is 2.79 bits per heavy atom. The van der Waals surface area contributed by atoms with Crippen molar-refractivity contribution in [2.24, 2.45) is 0 Å². The van der Waals surface area contributed by atoms with Gasteiger partial charge in [-0.3, -0.25) is 4.79 Å². The summed E-state index contributed by atoms with van der Waals surface area (Å²) in [6.45, 7) is 4.23. The molecule has 0 spiro atoms. The lowest BCUT2D eigenvalue weighted by atomic mass is 10.1. The van der Waals surface area contributed by atoms with Crippen LogP contribution in [0.1, 0.15) is 29.3 Å². The first-order chi connectivity index (χ1) is 6.69. The van der Waals surface area contributed by atoms with Crippen molar-refractivity contribution >= 4 is 6.29 Å². The molecule has 0 saturated carbocycles. The van der Waals surface area contributed by atoms with Gasteiger partial charge in [0.25, 0.3) is 0 Å². The molecule has 0 aliphatic carbocycles. The number of carbonyl (C=O) groups is 1. The van der Waals surface area contributed by atoms with Crippen molar-refractivity contribution in [1.82, 2.24) is 0 Å². The van der Waals surface area contributed by atoms with Crippen LogP contribution in [0.2, 0.25) is 0 Å². The SMILES string of the molecule is CCCOc1c(C)cc(F)cc1C=O. The average Bonchev–Trinajstić information content (AvgIpc) is 2.15. The summed E-state index contributed by atoms with van der Waals surface area (Å²) in [5.41, 5.74) is 0.927. The second-order valence-corrected chi connectivity index (χ2v) is 3.11. The minimum Gasteiger partial charge on any atom is -0.493 e. The van der Waals surface area contributed by atoms with E-state index >= 15 is 0 Å². The van der Waals surface area contributed by atoms with Gasteiger partial charge in [-0.15, -0.1) is 0 Å². The van der Waals surface area contributed by atoms with Crippen LogP contribution in [-0.2, 0) is 0 Å². The summed E-state index contributed by atoms with van der Waals surface area (Å²) in [6, 6.07) is 2.54. The largest absolute Gasteiger partial charge is 0.493 e. The molecular formula is C11H13FO2. The molecule has 0 aliphatic heterocycles. The van der Waals surface area contributed by atoms with E-state index in [1.54, 1.807) is 6.92 Å². The number of carbonyl (C=O) groups excluding carboxylic acids is 1.